The predicted octanol–water partition coefficient (Wildman–Crippen LogP) is 2.95. The zero-order valence-electron chi connectivity index (χ0n) is 16.6. The van der Waals surface area contributed by atoms with Gasteiger partial charge in [0.15, 0.2) is 5.82 Å². The van der Waals surface area contributed by atoms with Crippen LogP contribution in [0, 0.1) is 6.08 Å². The molecule has 1 aliphatic carbocycles. The molecule has 1 saturated carbocycles. The van der Waals surface area contributed by atoms with Gasteiger partial charge in [-0.15, -0.1) is 0 Å². The maximum absolute atomic E-state index is 14.0. The third kappa shape index (κ3) is 4.51. The number of imidazole rings is 1. The number of nitrogens with zero attached hydrogens (tertiary/aromatic N) is 5. The highest BCUT2D eigenvalue weighted by molar-refractivity contribution is 5.86. The van der Waals surface area contributed by atoms with Crippen molar-refractivity contribution < 1.29 is 13.9 Å². The van der Waals surface area contributed by atoms with E-state index in [-0.39, 0.29) is 12.1 Å². The summed E-state index contributed by atoms with van der Waals surface area (Å²) in [6.07, 6.45) is 6.69. The van der Waals surface area contributed by atoms with Crippen LogP contribution in [0.5, 0.6) is 0 Å². The Morgan fingerprint density at radius 3 is 2.69 bits per heavy atom. The summed E-state index contributed by atoms with van der Waals surface area (Å²) in [7, 11) is 3.57. The lowest BCUT2D eigenvalue weighted by molar-refractivity contribution is -0.00155. The Kier molecular flexibility index (Phi) is 5.96. The van der Waals surface area contributed by atoms with Crippen LogP contribution in [0.2, 0.25) is 0 Å². The lowest BCUT2D eigenvalue weighted by Crippen LogP contribution is -2.31. The summed E-state index contributed by atoms with van der Waals surface area (Å²) in [6.45, 7) is 1.22. The number of aryl methyl sites for hydroxylation is 1. The van der Waals surface area contributed by atoms with E-state index in [9.17, 15) is 4.39 Å². The number of nitrogens with one attached hydrogen (secondary N) is 1. The molecule has 8 nitrogen and oxygen atoms in total. The van der Waals surface area contributed by atoms with Crippen LogP contribution in [-0.4, -0.2) is 57.0 Å². The summed E-state index contributed by atoms with van der Waals surface area (Å²) in [6, 6.07) is 3.77. The summed E-state index contributed by atoms with van der Waals surface area (Å²) in [5, 5.41) is 3.38. The molecular formula is C20H25FN6O2. The van der Waals surface area contributed by atoms with Gasteiger partial charge in [0.05, 0.1) is 48.7 Å². The Morgan fingerprint density at radius 2 is 1.97 bits per heavy atom. The summed E-state index contributed by atoms with van der Waals surface area (Å²) >= 11 is 0. The topological polar surface area (TPSA) is 87.0 Å². The second-order valence-corrected chi connectivity index (χ2v) is 7.28. The Morgan fingerprint density at radius 1 is 1.14 bits per heavy atom. The first-order valence-corrected chi connectivity index (χ1v) is 9.82. The van der Waals surface area contributed by atoms with Gasteiger partial charge in [-0.05, 0) is 37.8 Å². The van der Waals surface area contributed by atoms with E-state index in [1.54, 1.807) is 25.7 Å². The number of hydrogen-bond acceptors (Lipinski definition) is 7. The largest absolute Gasteiger partial charge is 0.382 e. The van der Waals surface area contributed by atoms with Crippen molar-refractivity contribution in [3.05, 3.63) is 30.7 Å². The first kappa shape index (κ1) is 19.7. The monoisotopic (exact) mass is 400 g/mol. The minimum Gasteiger partial charge on any atom is -0.382 e. The van der Waals surface area contributed by atoms with E-state index in [4.69, 9.17) is 14.5 Å². The SMILES string of the molecule is COCCOC1CCC(Nc2nc(F)nc3ccc(-c4cncn4C)nc23)CC1. The van der Waals surface area contributed by atoms with Gasteiger partial charge in [0.2, 0.25) is 0 Å². The van der Waals surface area contributed by atoms with E-state index in [1.165, 1.54) is 0 Å². The highest BCUT2D eigenvalue weighted by atomic mass is 19.1. The maximum atomic E-state index is 14.0. The van der Waals surface area contributed by atoms with Gasteiger partial charge in [0.25, 0.3) is 0 Å². The smallest absolute Gasteiger partial charge is 0.311 e. The average Bonchev–Trinajstić information content (AvgIpc) is 3.15. The van der Waals surface area contributed by atoms with Gasteiger partial charge in [0, 0.05) is 20.2 Å². The molecule has 9 heteroatoms. The van der Waals surface area contributed by atoms with Gasteiger partial charge >= 0.3 is 6.08 Å². The third-order valence-electron chi connectivity index (χ3n) is 5.25. The van der Waals surface area contributed by atoms with Crippen LogP contribution in [0.25, 0.3) is 22.4 Å². The van der Waals surface area contributed by atoms with Gasteiger partial charge in [-0.1, -0.05) is 0 Å². The molecule has 3 heterocycles. The van der Waals surface area contributed by atoms with E-state index >= 15 is 0 Å². The fraction of sp³-hybridized carbons (Fsp3) is 0.500. The Labute approximate surface area is 168 Å². The Bertz CT molecular complexity index is 971. The van der Waals surface area contributed by atoms with Crippen molar-refractivity contribution in [1.29, 1.82) is 0 Å². The van der Waals surface area contributed by atoms with Crippen LogP contribution in [0.3, 0.4) is 0 Å². The van der Waals surface area contributed by atoms with Gasteiger partial charge < -0.3 is 19.4 Å². The Balaban J connectivity index is 1.52. The average molecular weight is 400 g/mol. The molecule has 29 heavy (non-hydrogen) atoms. The minimum absolute atomic E-state index is 0.192. The molecule has 1 fully saturated rings. The molecule has 3 aromatic rings. The van der Waals surface area contributed by atoms with E-state index in [0.29, 0.717) is 30.1 Å². The molecule has 0 spiro atoms. The fourth-order valence-electron chi connectivity index (χ4n) is 3.70. The highest BCUT2D eigenvalue weighted by Crippen LogP contribution is 2.27. The highest BCUT2D eigenvalue weighted by Gasteiger charge is 2.23. The molecule has 3 aromatic heterocycles. The zero-order chi connectivity index (χ0) is 20.2. The van der Waals surface area contributed by atoms with Crippen molar-refractivity contribution in [3.8, 4) is 11.4 Å². The predicted molar refractivity (Wildman–Crippen MR) is 107 cm³/mol. The Hall–Kier alpha value is -2.65. The van der Waals surface area contributed by atoms with Crippen LogP contribution in [-0.2, 0) is 16.5 Å². The van der Waals surface area contributed by atoms with Gasteiger partial charge in [0.1, 0.15) is 5.52 Å². The molecule has 1 aliphatic rings. The van der Waals surface area contributed by atoms with Gasteiger partial charge in [-0.25, -0.2) is 15.0 Å². The van der Waals surface area contributed by atoms with E-state index < -0.39 is 6.08 Å². The molecule has 0 unspecified atom stereocenters. The van der Waals surface area contributed by atoms with E-state index in [0.717, 1.165) is 37.1 Å². The van der Waals surface area contributed by atoms with Crippen molar-refractivity contribution in [3.63, 3.8) is 0 Å². The van der Waals surface area contributed by atoms with Crippen molar-refractivity contribution in [2.24, 2.45) is 7.05 Å². The molecule has 0 amide bonds. The first-order chi connectivity index (χ1) is 14.1. The molecule has 0 aliphatic heterocycles. The number of anilines is 1. The quantitative estimate of drug-likeness (QED) is 0.482. The fourth-order valence-corrected chi connectivity index (χ4v) is 3.70. The maximum Gasteiger partial charge on any atom is 0.311 e. The van der Waals surface area contributed by atoms with E-state index in [2.05, 4.69) is 20.3 Å². The number of ether oxygens (including phenoxy) is 2. The van der Waals surface area contributed by atoms with E-state index in [1.807, 2.05) is 17.7 Å². The summed E-state index contributed by atoms with van der Waals surface area (Å²) in [5.41, 5.74) is 2.65. The number of methoxy groups -OCH3 is 1. The summed E-state index contributed by atoms with van der Waals surface area (Å²) < 4.78 is 26.7. The van der Waals surface area contributed by atoms with Crippen LogP contribution < -0.4 is 5.32 Å². The number of rotatable bonds is 7. The van der Waals surface area contributed by atoms with Gasteiger partial charge in [-0.2, -0.15) is 9.37 Å². The minimum atomic E-state index is -0.758. The third-order valence-corrected chi connectivity index (χ3v) is 5.25. The molecule has 0 atom stereocenters. The summed E-state index contributed by atoms with van der Waals surface area (Å²) in [4.78, 5) is 16.7. The molecule has 4 rings (SSSR count). The second kappa shape index (κ2) is 8.79. The summed E-state index contributed by atoms with van der Waals surface area (Å²) in [5.74, 6) is 0.431. The number of fused-ring (bicyclic) bond motifs is 1. The molecule has 154 valence electrons. The second-order valence-electron chi connectivity index (χ2n) is 7.28. The molecular weight excluding hydrogens is 375 g/mol. The standard InChI is InChI=1S/C20H25FN6O2/c1-27-12-22-11-17(27)15-7-8-16-18(24-15)19(26-20(21)25-16)23-13-3-5-14(6-4-13)29-10-9-28-2/h7-8,11-14H,3-6,9-10H2,1-2H3,(H,23,25,26). The van der Waals surface area contributed by atoms with Crippen molar-refractivity contribution in [2.75, 3.05) is 25.6 Å². The lowest BCUT2D eigenvalue weighted by atomic mass is 9.93. The molecule has 1 N–H and O–H groups in total. The van der Waals surface area contributed by atoms with Crippen molar-refractivity contribution in [1.82, 2.24) is 24.5 Å². The van der Waals surface area contributed by atoms with Crippen molar-refractivity contribution in [2.45, 2.75) is 37.8 Å². The van der Waals surface area contributed by atoms with Gasteiger partial charge in [-0.3, -0.25) is 0 Å². The molecule has 0 radical (unpaired) electrons. The first-order valence-electron chi connectivity index (χ1n) is 9.82. The number of aromatic nitrogens is 5. The number of pyridine rings is 1. The van der Waals surface area contributed by atoms with Crippen molar-refractivity contribution >= 4 is 16.9 Å². The molecule has 0 bridgehead atoms. The normalized spacial score (nSPS) is 19.6. The van der Waals surface area contributed by atoms with Crippen LogP contribution in [0.15, 0.2) is 24.7 Å². The van der Waals surface area contributed by atoms with Crippen LogP contribution >= 0.6 is 0 Å². The number of hydrogen-bond donors (Lipinski definition) is 1. The molecule has 0 saturated heterocycles. The van der Waals surface area contributed by atoms with Crippen LogP contribution in [0.4, 0.5) is 10.2 Å². The number of halogens is 1. The lowest BCUT2D eigenvalue weighted by Gasteiger charge is -2.29. The zero-order valence-corrected chi connectivity index (χ0v) is 16.6. The van der Waals surface area contributed by atoms with Crippen LogP contribution in [0.1, 0.15) is 25.7 Å². The molecule has 0 aromatic carbocycles.